The number of halogens is 2. The monoisotopic (exact) mass is 241 g/mol. The molecule has 2 rings (SSSR count). The minimum absolute atomic E-state index is 0.278. The van der Waals surface area contributed by atoms with Crippen molar-refractivity contribution in [3.8, 4) is 11.3 Å². The van der Waals surface area contributed by atoms with Gasteiger partial charge >= 0.3 is 0 Å². The predicted molar refractivity (Wildman–Crippen MR) is 58.1 cm³/mol. The molecule has 2 aromatic rings. The maximum Gasteiger partial charge on any atom is 0.264 e. The fourth-order valence-corrected chi connectivity index (χ4v) is 1.70. The third kappa shape index (κ3) is 2.00. The molecule has 2 heterocycles. The standard InChI is InChI=1S/C9H5Cl2N3O/c10-5-3-12-4-6(11)9(5)7-1-2-8(15)14-13-7/h1-4H,(H,14,15). The van der Waals surface area contributed by atoms with Crippen LogP contribution >= 0.6 is 23.2 Å². The molecule has 0 unspecified atom stereocenters. The van der Waals surface area contributed by atoms with Crippen LogP contribution in [0, 0.1) is 0 Å². The summed E-state index contributed by atoms with van der Waals surface area (Å²) < 4.78 is 0. The van der Waals surface area contributed by atoms with Crippen LogP contribution in [-0.2, 0) is 0 Å². The maximum atomic E-state index is 10.8. The fraction of sp³-hybridized carbons (Fsp3) is 0. The Balaban J connectivity index is 2.63. The largest absolute Gasteiger partial charge is 0.268 e. The number of nitrogens with zero attached hydrogens (tertiary/aromatic N) is 2. The highest BCUT2D eigenvalue weighted by Crippen LogP contribution is 2.31. The van der Waals surface area contributed by atoms with Crippen LogP contribution in [0.25, 0.3) is 11.3 Å². The Labute approximate surface area is 94.9 Å². The van der Waals surface area contributed by atoms with Gasteiger partial charge < -0.3 is 0 Å². The lowest BCUT2D eigenvalue weighted by atomic mass is 10.2. The smallest absolute Gasteiger partial charge is 0.264 e. The van der Waals surface area contributed by atoms with E-state index in [1.165, 1.54) is 18.5 Å². The number of nitrogens with one attached hydrogen (secondary N) is 1. The van der Waals surface area contributed by atoms with Gasteiger partial charge in [0.1, 0.15) is 0 Å². The van der Waals surface area contributed by atoms with E-state index in [9.17, 15) is 4.79 Å². The van der Waals surface area contributed by atoms with Crippen LogP contribution in [0.2, 0.25) is 10.0 Å². The molecule has 0 saturated heterocycles. The summed E-state index contributed by atoms with van der Waals surface area (Å²) >= 11 is 11.8. The van der Waals surface area contributed by atoms with Crippen molar-refractivity contribution in [1.29, 1.82) is 0 Å². The number of aromatic amines is 1. The highest BCUT2D eigenvalue weighted by Gasteiger charge is 2.09. The van der Waals surface area contributed by atoms with E-state index in [-0.39, 0.29) is 5.56 Å². The molecular formula is C9H5Cl2N3O. The van der Waals surface area contributed by atoms with Crippen molar-refractivity contribution in [3.05, 3.63) is 44.9 Å². The van der Waals surface area contributed by atoms with E-state index in [1.54, 1.807) is 6.07 Å². The third-order valence-corrected chi connectivity index (χ3v) is 2.36. The first-order chi connectivity index (χ1) is 7.18. The highest BCUT2D eigenvalue weighted by molar-refractivity contribution is 6.38. The number of hydrogen-bond acceptors (Lipinski definition) is 3. The number of H-pyrrole nitrogens is 1. The Morgan fingerprint density at radius 1 is 1.13 bits per heavy atom. The van der Waals surface area contributed by atoms with E-state index < -0.39 is 0 Å². The van der Waals surface area contributed by atoms with Gasteiger partial charge in [-0.1, -0.05) is 23.2 Å². The van der Waals surface area contributed by atoms with E-state index >= 15 is 0 Å². The van der Waals surface area contributed by atoms with Gasteiger partial charge in [-0.25, -0.2) is 5.10 Å². The van der Waals surface area contributed by atoms with Gasteiger partial charge in [0, 0.05) is 24.0 Å². The van der Waals surface area contributed by atoms with Gasteiger partial charge in [0.2, 0.25) is 0 Å². The molecule has 0 aromatic carbocycles. The van der Waals surface area contributed by atoms with E-state index in [0.717, 1.165) is 0 Å². The molecule has 2 aromatic heterocycles. The van der Waals surface area contributed by atoms with E-state index in [2.05, 4.69) is 15.2 Å². The summed E-state index contributed by atoms with van der Waals surface area (Å²) in [5, 5.41) is 6.93. The summed E-state index contributed by atoms with van der Waals surface area (Å²) in [5.41, 5.74) is 0.789. The Kier molecular flexibility index (Phi) is 2.70. The molecule has 15 heavy (non-hydrogen) atoms. The van der Waals surface area contributed by atoms with Crippen LogP contribution in [-0.4, -0.2) is 15.2 Å². The fourth-order valence-electron chi connectivity index (χ4n) is 1.14. The first kappa shape index (κ1) is 10.1. The van der Waals surface area contributed by atoms with Gasteiger partial charge in [-0.3, -0.25) is 9.78 Å². The number of aromatic nitrogens is 3. The third-order valence-electron chi connectivity index (χ3n) is 1.79. The zero-order chi connectivity index (χ0) is 10.8. The van der Waals surface area contributed by atoms with Crippen molar-refractivity contribution in [3.63, 3.8) is 0 Å². The zero-order valence-corrected chi connectivity index (χ0v) is 8.88. The first-order valence-corrected chi connectivity index (χ1v) is 4.79. The molecule has 0 aliphatic carbocycles. The number of hydrogen-bond donors (Lipinski definition) is 1. The van der Waals surface area contributed by atoms with Crippen LogP contribution in [0.4, 0.5) is 0 Å². The molecule has 0 spiro atoms. The quantitative estimate of drug-likeness (QED) is 0.833. The molecule has 0 atom stereocenters. The number of pyridine rings is 1. The number of rotatable bonds is 1. The van der Waals surface area contributed by atoms with E-state index in [0.29, 0.717) is 21.3 Å². The Morgan fingerprint density at radius 2 is 1.80 bits per heavy atom. The second-order valence-corrected chi connectivity index (χ2v) is 3.60. The van der Waals surface area contributed by atoms with Gasteiger partial charge in [-0.15, -0.1) is 0 Å². The molecule has 0 saturated carbocycles. The van der Waals surface area contributed by atoms with E-state index in [1.807, 2.05) is 0 Å². The second kappa shape index (κ2) is 4.00. The van der Waals surface area contributed by atoms with Crippen molar-refractivity contribution in [2.75, 3.05) is 0 Å². The predicted octanol–water partition coefficient (Wildman–Crippen LogP) is 2.14. The minimum atomic E-state index is -0.278. The maximum absolute atomic E-state index is 10.8. The molecule has 6 heteroatoms. The molecule has 76 valence electrons. The summed E-state index contributed by atoms with van der Waals surface area (Å²) in [4.78, 5) is 14.7. The van der Waals surface area contributed by atoms with Gasteiger partial charge in [-0.2, -0.15) is 5.10 Å². The summed E-state index contributed by atoms with van der Waals surface area (Å²) in [6, 6.07) is 2.90. The average molecular weight is 242 g/mol. The lowest BCUT2D eigenvalue weighted by molar-refractivity contribution is 0.995. The van der Waals surface area contributed by atoms with Crippen molar-refractivity contribution >= 4 is 23.2 Å². The van der Waals surface area contributed by atoms with Crippen molar-refractivity contribution < 1.29 is 0 Å². The molecule has 0 radical (unpaired) electrons. The van der Waals surface area contributed by atoms with Crippen LogP contribution < -0.4 is 5.56 Å². The first-order valence-electron chi connectivity index (χ1n) is 4.03. The second-order valence-electron chi connectivity index (χ2n) is 2.78. The minimum Gasteiger partial charge on any atom is -0.268 e. The van der Waals surface area contributed by atoms with Gasteiger partial charge in [0.15, 0.2) is 0 Å². The Bertz CT molecular complexity index is 513. The van der Waals surface area contributed by atoms with Crippen molar-refractivity contribution in [2.45, 2.75) is 0 Å². The normalized spacial score (nSPS) is 10.3. The molecular weight excluding hydrogens is 237 g/mol. The SMILES string of the molecule is O=c1ccc(-c2c(Cl)cncc2Cl)n[nH]1. The topological polar surface area (TPSA) is 58.6 Å². The lowest BCUT2D eigenvalue weighted by Crippen LogP contribution is -2.05. The molecule has 0 amide bonds. The average Bonchev–Trinajstić information content (AvgIpc) is 2.20. The highest BCUT2D eigenvalue weighted by atomic mass is 35.5. The molecule has 4 nitrogen and oxygen atoms in total. The van der Waals surface area contributed by atoms with Crippen LogP contribution in [0.1, 0.15) is 0 Å². The van der Waals surface area contributed by atoms with Crippen LogP contribution in [0.15, 0.2) is 29.3 Å². The molecule has 0 bridgehead atoms. The van der Waals surface area contributed by atoms with Gasteiger partial charge in [0.05, 0.1) is 15.7 Å². The lowest BCUT2D eigenvalue weighted by Gasteiger charge is -2.03. The molecule has 0 aliphatic rings. The van der Waals surface area contributed by atoms with Crippen LogP contribution in [0.5, 0.6) is 0 Å². The van der Waals surface area contributed by atoms with Gasteiger partial charge in [-0.05, 0) is 6.07 Å². The summed E-state index contributed by atoms with van der Waals surface area (Å²) in [7, 11) is 0. The Morgan fingerprint density at radius 3 is 2.33 bits per heavy atom. The summed E-state index contributed by atoms with van der Waals surface area (Å²) in [6.45, 7) is 0. The van der Waals surface area contributed by atoms with E-state index in [4.69, 9.17) is 23.2 Å². The van der Waals surface area contributed by atoms with Crippen LogP contribution in [0.3, 0.4) is 0 Å². The molecule has 1 N–H and O–H groups in total. The molecule has 0 fully saturated rings. The van der Waals surface area contributed by atoms with Crippen molar-refractivity contribution in [1.82, 2.24) is 15.2 Å². The molecule has 0 aliphatic heterocycles. The van der Waals surface area contributed by atoms with Crippen molar-refractivity contribution in [2.24, 2.45) is 0 Å². The van der Waals surface area contributed by atoms with Gasteiger partial charge in [0.25, 0.3) is 5.56 Å². The zero-order valence-electron chi connectivity index (χ0n) is 7.37. The Hall–Kier alpha value is -1.39. The summed E-state index contributed by atoms with van der Waals surface area (Å²) in [5.74, 6) is 0. The summed E-state index contributed by atoms with van der Waals surface area (Å²) in [6.07, 6.45) is 2.94.